The van der Waals surface area contributed by atoms with Gasteiger partial charge < -0.3 is 5.73 Å². The molecule has 3 aromatic rings. The van der Waals surface area contributed by atoms with E-state index in [1.165, 1.54) is 5.56 Å². The molecule has 3 nitrogen and oxygen atoms in total. The van der Waals surface area contributed by atoms with Gasteiger partial charge >= 0.3 is 0 Å². The summed E-state index contributed by atoms with van der Waals surface area (Å²) in [5.74, 6) is 0. The first kappa shape index (κ1) is 11.0. The number of rotatable bonds is 2. The molecule has 3 heteroatoms. The smallest absolute Gasteiger partial charge is 0.0999 e. The summed E-state index contributed by atoms with van der Waals surface area (Å²) in [5, 5.41) is 8.63. The van der Waals surface area contributed by atoms with Crippen LogP contribution in [0.5, 0.6) is 0 Å². The Kier molecular flexibility index (Phi) is 2.61. The third kappa shape index (κ3) is 1.79. The number of H-pyrrole nitrogens is 1. The van der Waals surface area contributed by atoms with Gasteiger partial charge in [-0.05, 0) is 24.6 Å². The Bertz CT molecular complexity index is 698. The van der Waals surface area contributed by atoms with Gasteiger partial charge in [-0.2, -0.15) is 5.10 Å². The van der Waals surface area contributed by atoms with Crippen molar-refractivity contribution in [2.75, 3.05) is 0 Å². The van der Waals surface area contributed by atoms with Gasteiger partial charge in [-0.15, -0.1) is 0 Å². The Morgan fingerprint density at radius 2 is 2.06 bits per heavy atom. The fraction of sp³-hybridized carbons (Fsp3) is 0.133. The molecule has 0 radical (unpaired) electrons. The number of aromatic amines is 1. The van der Waals surface area contributed by atoms with Crippen LogP contribution in [0.4, 0.5) is 0 Å². The fourth-order valence-corrected chi connectivity index (χ4v) is 2.21. The molecule has 2 aromatic carbocycles. The number of nitrogens with one attached hydrogen (secondary N) is 1. The molecule has 0 spiro atoms. The zero-order chi connectivity index (χ0) is 12.5. The third-order valence-electron chi connectivity index (χ3n) is 3.15. The van der Waals surface area contributed by atoms with Crippen LogP contribution in [0.15, 0.2) is 42.5 Å². The molecule has 0 fully saturated rings. The number of fused-ring (bicyclic) bond motifs is 1. The largest absolute Gasteiger partial charge is 0.326 e. The van der Waals surface area contributed by atoms with Gasteiger partial charge in [0.05, 0.1) is 11.2 Å². The van der Waals surface area contributed by atoms with E-state index in [2.05, 4.69) is 59.6 Å². The molecular weight excluding hydrogens is 222 g/mol. The lowest BCUT2D eigenvalue weighted by atomic mass is 10.0. The topological polar surface area (TPSA) is 54.7 Å². The average Bonchev–Trinajstić information content (AvgIpc) is 2.81. The lowest BCUT2D eigenvalue weighted by molar-refractivity contribution is 1.07. The van der Waals surface area contributed by atoms with Crippen LogP contribution >= 0.6 is 0 Å². The van der Waals surface area contributed by atoms with E-state index in [-0.39, 0.29) is 0 Å². The highest BCUT2D eigenvalue weighted by atomic mass is 15.1. The highest BCUT2D eigenvalue weighted by Gasteiger charge is 2.08. The van der Waals surface area contributed by atoms with Crippen molar-refractivity contribution >= 4 is 10.9 Å². The first-order chi connectivity index (χ1) is 8.78. The van der Waals surface area contributed by atoms with Gasteiger partial charge in [0.2, 0.25) is 0 Å². The van der Waals surface area contributed by atoms with E-state index in [0.29, 0.717) is 6.54 Å². The van der Waals surface area contributed by atoms with Gasteiger partial charge in [-0.3, -0.25) is 5.10 Å². The van der Waals surface area contributed by atoms with Crippen LogP contribution in [0.2, 0.25) is 0 Å². The molecule has 0 saturated carbocycles. The molecule has 3 rings (SSSR count). The lowest BCUT2D eigenvalue weighted by Crippen LogP contribution is -1.95. The highest BCUT2D eigenvalue weighted by molar-refractivity contribution is 5.93. The van der Waals surface area contributed by atoms with Gasteiger partial charge in [0, 0.05) is 17.5 Å². The number of aryl methyl sites for hydroxylation is 1. The monoisotopic (exact) mass is 237 g/mol. The number of hydrogen-bond donors (Lipinski definition) is 2. The molecule has 0 saturated heterocycles. The number of nitrogens with zero attached hydrogens (tertiary/aromatic N) is 1. The summed E-state index contributed by atoms with van der Waals surface area (Å²) >= 11 is 0. The Morgan fingerprint density at radius 1 is 1.17 bits per heavy atom. The molecule has 0 aliphatic rings. The summed E-state index contributed by atoms with van der Waals surface area (Å²) in [7, 11) is 0. The number of aromatic nitrogens is 2. The predicted molar refractivity (Wildman–Crippen MR) is 74.2 cm³/mol. The molecule has 0 aliphatic carbocycles. The summed E-state index contributed by atoms with van der Waals surface area (Å²) in [6, 6.07) is 14.6. The summed E-state index contributed by atoms with van der Waals surface area (Å²) in [4.78, 5) is 0. The van der Waals surface area contributed by atoms with Crippen molar-refractivity contribution in [3.05, 3.63) is 53.6 Å². The van der Waals surface area contributed by atoms with E-state index >= 15 is 0 Å². The summed E-state index contributed by atoms with van der Waals surface area (Å²) in [5.41, 5.74) is 11.2. The maximum absolute atomic E-state index is 5.64. The summed E-state index contributed by atoms with van der Waals surface area (Å²) < 4.78 is 0. The number of hydrogen-bond acceptors (Lipinski definition) is 2. The van der Waals surface area contributed by atoms with Crippen LogP contribution in [0.25, 0.3) is 22.2 Å². The van der Waals surface area contributed by atoms with Crippen LogP contribution in [0, 0.1) is 6.92 Å². The first-order valence-electron chi connectivity index (χ1n) is 6.02. The van der Waals surface area contributed by atoms with E-state index < -0.39 is 0 Å². The molecule has 0 unspecified atom stereocenters. The SMILES string of the molecule is Cc1cccc(-c2n[nH]c3cc(CN)ccc23)c1. The minimum Gasteiger partial charge on any atom is -0.326 e. The van der Waals surface area contributed by atoms with Crippen molar-refractivity contribution in [1.82, 2.24) is 10.2 Å². The molecular formula is C15H15N3. The van der Waals surface area contributed by atoms with Crippen LogP contribution in [0.3, 0.4) is 0 Å². The molecule has 3 N–H and O–H groups in total. The van der Waals surface area contributed by atoms with Crippen LogP contribution in [-0.4, -0.2) is 10.2 Å². The second-order valence-electron chi connectivity index (χ2n) is 4.53. The van der Waals surface area contributed by atoms with Crippen molar-refractivity contribution in [3.8, 4) is 11.3 Å². The Morgan fingerprint density at radius 3 is 2.83 bits per heavy atom. The Labute approximate surface area is 106 Å². The van der Waals surface area contributed by atoms with Crippen molar-refractivity contribution in [1.29, 1.82) is 0 Å². The van der Waals surface area contributed by atoms with Crippen LogP contribution in [-0.2, 0) is 6.54 Å². The van der Waals surface area contributed by atoms with E-state index in [0.717, 1.165) is 27.7 Å². The van der Waals surface area contributed by atoms with Gasteiger partial charge in [0.15, 0.2) is 0 Å². The zero-order valence-electron chi connectivity index (χ0n) is 10.3. The molecule has 0 bridgehead atoms. The lowest BCUT2D eigenvalue weighted by Gasteiger charge is -2.00. The predicted octanol–water partition coefficient (Wildman–Crippen LogP) is 3.00. The minimum absolute atomic E-state index is 0.550. The van der Waals surface area contributed by atoms with Crippen LogP contribution < -0.4 is 5.73 Å². The van der Waals surface area contributed by atoms with Crippen molar-refractivity contribution in [2.24, 2.45) is 5.73 Å². The van der Waals surface area contributed by atoms with Crippen molar-refractivity contribution in [2.45, 2.75) is 13.5 Å². The summed E-state index contributed by atoms with van der Waals surface area (Å²) in [6.45, 7) is 2.64. The molecule has 1 heterocycles. The maximum atomic E-state index is 5.64. The normalized spacial score (nSPS) is 11.0. The van der Waals surface area contributed by atoms with Crippen molar-refractivity contribution in [3.63, 3.8) is 0 Å². The zero-order valence-corrected chi connectivity index (χ0v) is 10.3. The summed E-state index contributed by atoms with van der Waals surface area (Å²) in [6.07, 6.45) is 0. The molecule has 18 heavy (non-hydrogen) atoms. The Balaban J connectivity index is 2.18. The van der Waals surface area contributed by atoms with Gasteiger partial charge in [-0.25, -0.2) is 0 Å². The highest BCUT2D eigenvalue weighted by Crippen LogP contribution is 2.27. The first-order valence-corrected chi connectivity index (χ1v) is 6.02. The standard InChI is InChI=1S/C15H15N3/c1-10-3-2-4-12(7-10)15-13-6-5-11(9-16)8-14(13)17-18-15/h2-8H,9,16H2,1H3,(H,17,18). The van der Waals surface area contributed by atoms with Gasteiger partial charge in [-0.1, -0.05) is 35.9 Å². The minimum atomic E-state index is 0.550. The molecule has 90 valence electrons. The average molecular weight is 237 g/mol. The fourth-order valence-electron chi connectivity index (χ4n) is 2.21. The van der Waals surface area contributed by atoms with E-state index in [9.17, 15) is 0 Å². The van der Waals surface area contributed by atoms with Gasteiger partial charge in [0.1, 0.15) is 0 Å². The van der Waals surface area contributed by atoms with Gasteiger partial charge in [0.25, 0.3) is 0 Å². The number of nitrogens with two attached hydrogens (primary N) is 1. The molecule has 0 amide bonds. The quantitative estimate of drug-likeness (QED) is 0.720. The van der Waals surface area contributed by atoms with Crippen LogP contribution in [0.1, 0.15) is 11.1 Å². The second-order valence-corrected chi connectivity index (χ2v) is 4.53. The second kappa shape index (κ2) is 4.27. The number of benzene rings is 2. The molecule has 0 aliphatic heterocycles. The van der Waals surface area contributed by atoms with Crippen molar-refractivity contribution < 1.29 is 0 Å². The maximum Gasteiger partial charge on any atom is 0.0999 e. The van der Waals surface area contributed by atoms with E-state index in [1.54, 1.807) is 0 Å². The molecule has 1 aromatic heterocycles. The van der Waals surface area contributed by atoms with E-state index in [4.69, 9.17) is 5.73 Å². The van der Waals surface area contributed by atoms with E-state index in [1.807, 2.05) is 0 Å². The molecule has 0 atom stereocenters. The Hall–Kier alpha value is -2.13. The third-order valence-corrected chi connectivity index (χ3v) is 3.15.